The Kier molecular flexibility index (Phi) is 8.60. The van der Waals surface area contributed by atoms with Crippen LogP contribution in [0, 0.1) is 0 Å². The lowest BCUT2D eigenvalue weighted by Gasteiger charge is -2.32. The van der Waals surface area contributed by atoms with Crippen LogP contribution < -0.4 is 5.32 Å². The lowest BCUT2D eigenvalue weighted by atomic mass is 10.0. The second-order valence-corrected chi connectivity index (χ2v) is 9.94. The number of amides is 1. The number of aliphatic imine (C=N–C) groups is 1. The number of likely N-dealkylation sites (N-methyl/N-ethyl adjacent to an activating group) is 2. The van der Waals surface area contributed by atoms with E-state index < -0.39 is 0 Å². The molecule has 0 unspecified atom stereocenters. The minimum atomic E-state index is -0.311. The Hall–Kier alpha value is -3.66. The number of rotatable bonds is 9. The van der Waals surface area contributed by atoms with E-state index in [1.54, 1.807) is 0 Å². The summed E-state index contributed by atoms with van der Waals surface area (Å²) >= 11 is 0. The van der Waals surface area contributed by atoms with Crippen LogP contribution in [-0.2, 0) is 6.54 Å². The molecule has 1 fully saturated rings. The third-order valence-electron chi connectivity index (χ3n) is 6.36. The molecule has 1 aromatic carbocycles. The average Bonchev–Trinajstić information content (AvgIpc) is 3.29. The van der Waals surface area contributed by atoms with Crippen LogP contribution in [0.5, 0.6) is 0 Å². The van der Waals surface area contributed by atoms with E-state index in [2.05, 4.69) is 60.0 Å². The molecule has 2 aromatic heterocycles. The summed E-state index contributed by atoms with van der Waals surface area (Å²) < 4.78 is 0. The zero-order valence-corrected chi connectivity index (χ0v) is 22.2. The maximum atomic E-state index is 13.2. The molecule has 0 spiro atoms. The van der Waals surface area contributed by atoms with Crippen molar-refractivity contribution in [2.45, 2.75) is 13.5 Å². The van der Waals surface area contributed by atoms with Gasteiger partial charge in [-0.2, -0.15) is 5.10 Å². The highest BCUT2D eigenvalue weighted by molar-refractivity contribution is 6.06. The molecule has 1 saturated heterocycles. The Morgan fingerprint density at radius 2 is 1.97 bits per heavy atom. The minimum absolute atomic E-state index is 0.311. The second-order valence-electron chi connectivity index (χ2n) is 9.94. The Bertz CT molecular complexity index is 1310. The van der Waals surface area contributed by atoms with E-state index >= 15 is 0 Å². The van der Waals surface area contributed by atoms with E-state index in [1.807, 2.05) is 57.7 Å². The van der Waals surface area contributed by atoms with E-state index in [4.69, 9.17) is 0 Å². The van der Waals surface area contributed by atoms with E-state index in [-0.39, 0.29) is 5.91 Å². The van der Waals surface area contributed by atoms with Crippen molar-refractivity contribution >= 4 is 23.5 Å². The molecule has 4 rings (SSSR count). The van der Waals surface area contributed by atoms with Gasteiger partial charge in [-0.3, -0.25) is 24.8 Å². The first-order valence-corrected chi connectivity index (χ1v) is 12.4. The molecule has 1 amide bonds. The van der Waals surface area contributed by atoms with Gasteiger partial charge in [0.05, 0.1) is 11.2 Å². The number of carbonyl (C=O) groups is 1. The molecule has 1 aliphatic rings. The van der Waals surface area contributed by atoms with E-state index in [1.165, 1.54) is 11.8 Å². The molecule has 1 aliphatic heterocycles. The Balaban J connectivity index is 1.55. The van der Waals surface area contributed by atoms with Crippen molar-refractivity contribution in [2.24, 2.45) is 4.99 Å². The quantitative estimate of drug-likeness (QED) is 0.346. The molecule has 2 N–H and O–H groups in total. The van der Waals surface area contributed by atoms with Crippen molar-refractivity contribution in [3.63, 3.8) is 0 Å². The summed E-state index contributed by atoms with van der Waals surface area (Å²) in [4.78, 5) is 28.4. The largest absolute Gasteiger partial charge is 0.319 e. The number of aromatic amines is 1. The molecule has 37 heavy (non-hydrogen) atoms. The van der Waals surface area contributed by atoms with Crippen molar-refractivity contribution < 1.29 is 4.79 Å². The Morgan fingerprint density at radius 1 is 1.19 bits per heavy atom. The standard InChI is InChI=1S/C28H36N8O/c1-20(18-34(3)4)12-24(17-29-2)31-28(37)27-25-14-22(6-7-26(25)32-33-27)23-13-21(15-30-16-23)19-36-10-8-35(5)9-11-36/h6-7,12-17H,2,8-11,18-19H2,1,3-5H3,(H,31,37)(H,32,33)/b20-12+,24-17+. The van der Waals surface area contributed by atoms with Crippen LogP contribution in [-0.4, -0.2) is 96.4 Å². The van der Waals surface area contributed by atoms with Gasteiger partial charge in [0.2, 0.25) is 0 Å². The Morgan fingerprint density at radius 3 is 2.70 bits per heavy atom. The SMILES string of the molecule is C=N/C=C(\C=C(/C)CN(C)C)NC(=O)c1n[nH]c2ccc(-c3cncc(CN4CCN(C)CC4)c3)cc12. The van der Waals surface area contributed by atoms with Gasteiger partial charge in [-0.05, 0) is 70.2 Å². The van der Waals surface area contributed by atoms with Gasteiger partial charge < -0.3 is 15.1 Å². The van der Waals surface area contributed by atoms with Gasteiger partial charge in [0.15, 0.2) is 5.69 Å². The fraction of sp³-hybridized carbons (Fsp3) is 0.357. The van der Waals surface area contributed by atoms with Crippen molar-refractivity contribution in [3.05, 3.63) is 71.5 Å². The second kappa shape index (κ2) is 12.1. The number of nitrogens with zero attached hydrogens (tertiary/aromatic N) is 6. The lowest BCUT2D eigenvalue weighted by molar-refractivity contribution is 0.0963. The van der Waals surface area contributed by atoms with Gasteiger partial charge in [0.1, 0.15) is 0 Å². The minimum Gasteiger partial charge on any atom is -0.319 e. The highest BCUT2D eigenvalue weighted by Gasteiger charge is 2.17. The zero-order valence-electron chi connectivity index (χ0n) is 22.2. The molecular weight excluding hydrogens is 464 g/mol. The van der Waals surface area contributed by atoms with Gasteiger partial charge >= 0.3 is 0 Å². The van der Waals surface area contributed by atoms with Gasteiger partial charge in [0, 0.05) is 68.8 Å². The third-order valence-corrected chi connectivity index (χ3v) is 6.36. The Labute approximate surface area is 218 Å². The molecule has 0 atom stereocenters. The number of fused-ring (bicyclic) bond motifs is 1. The molecule has 9 nitrogen and oxygen atoms in total. The van der Waals surface area contributed by atoms with Crippen LogP contribution in [0.15, 0.2) is 65.2 Å². The first kappa shape index (κ1) is 26.4. The fourth-order valence-electron chi connectivity index (χ4n) is 4.57. The van der Waals surface area contributed by atoms with E-state index in [9.17, 15) is 4.79 Å². The molecule has 0 bridgehead atoms. The number of carbonyl (C=O) groups excluding carboxylic acids is 1. The van der Waals surface area contributed by atoms with Crippen molar-refractivity contribution in [3.8, 4) is 11.1 Å². The number of pyridine rings is 1. The number of hydrogen-bond acceptors (Lipinski definition) is 7. The predicted octanol–water partition coefficient (Wildman–Crippen LogP) is 3.15. The van der Waals surface area contributed by atoms with Gasteiger partial charge in [0.25, 0.3) is 5.91 Å². The van der Waals surface area contributed by atoms with Crippen LogP contribution in [0.1, 0.15) is 23.0 Å². The molecule has 0 radical (unpaired) electrons. The monoisotopic (exact) mass is 500 g/mol. The number of H-pyrrole nitrogens is 1. The van der Waals surface area contributed by atoms with E-state index in [0.717, 1.165) is 66.9 Å². The maximum absolute atomic E-state index is 13.2. The first-order chi connectivity index (χ1) is 17.8. The lowest BCUT2D eigenvalue weighted by Crippen LogP contribution is -2.43. The fourth-order valence-corrected chi connectivity index (χ4v) is 4.57. The van der Waals surface area contributed by atoms with Gasteiger partial charge in [-0.15, -0.1) is 0 Å². The normalized spacial score (nSPS) is 15.9. The average molecular weight is 501 g/mol. The van der Waals surface area contributed by atoms with Crippen LogP contribution in [0.3, 0.4) is 0 Å². The maximum Gasteiger partial charge on any atom is 0.276 e. The number of aromatic nitrogens is 3. The van der Waals surface area contributed by atoms with Crippen LogP contribution in [0.2, 0.25) is 0 Å². The molecular formula is C28H36N8O. The van der Waals surface area contributed by atoms with Gasteiger partial charge in [-0.1, -0.05) is 11.6 Å². The van der Waals surface area contributed by atoms with Crippen LogP contribution in [0.4, 0.5) is 0 Å². The topological polar surface area (TPSA) is 92.7 Å². The highest BCUT2D eigenvalue weighted by atomic mass is 16.2. The summed E-state index contributed by atoms with van der Waals surface area (Å²) in [7, 11) is 6.16. The zero-order chi connectivity index (χ0) is 26.4. The third kappa shape index (κ3) is 6.97. The molecule has 9 heteroatoms. The molecule has 0 aliphatic carbocycles. The summed E-state index contributed by atoms with van der Waals surface area (Å²) in [5.74, 6) is -0.311. The molecule has 3 aromatic rings. The smallest absolute Gasteiger partial charge is 0.276 e. The summed E-state index contributed by atoms with van der Waals surface area (Å²) in [5, 5.41) is 11.0. The van der Waals surface area contributed by atoms with Crippen LogP contribution in [0.25, 0.3) is 22.0 Å². The summed E-state index contributed by atoms with van der Waals surface area (Å²) in [5.41, 5.74) is 5.94. The predicted molar refractivity (Wildman–Crippen MR) is 150 cm³/mol. The van der Waals surface area contributed by atoms with E-state index in [0.29, 0.717) is 11.4 Å². The molecule has 194 valence electrons. The van der Waals surface area contributed by atoms with Crippen molar-refractivity contribution in [1.82, 2.24) is 35.2 Å². The molecule has 0 saturated carbocycles. The van der Waals surface area contributed by atoms with Gasteiger partial charge in [-0.25, -0.2) is 0 Å². The number of nitrogens with one attached hydrogen (secondary N) is 2. The number of hydrogen-bond donors (Lipinski definition) is 2. The van der Waals surface area contributed by atoms with Crippen molar-refractivity contribution in [1.29, 1.82) is 0 Å². The number of piperazine rings is 1. The van der Waals surface area contributed by atoms with Crippen LogP contribution >= 0.6 is 0 Å². The van der Waals surface area contributed by atoms with Crippen molar-refractivity contribution in [2.75, 3.05) is 53.9 Å². The summed E-state index contributed by atoms with van der Waals surface area (Å²) in [6.07, 6.45) is 7.23. The highest BCUT2D eigenvalue weighted by Crippen LogP contribution is 2.26. The number of benzene rings is 1. The number of allylic oxidation sites excluding steroid dienone is 1. The summed E-state index contributed by atoms with van der Waals surface area (Å²) in [6, 6.07) is 8.15. The first-order valence-electron chi connectivity index (χ1n) is 12.4. The molecule has 3 heterocycles. The summed E-state index contributed by atoms with van der Waals surface area (Å²) in [6.45, 7) is 11.5.